The highest BCUT2D eigenvalue weighted by Crippen LogP contribution is 2.19. The van der Waals surface area contributed by atoms with E-state index in [0.717, 1.165) is 12.4 Å². The number of pyridine rings is 1. The van der Waals surface area contributed by atoms with Gasteiger partial charge in [-0.25, -0.2) is 13.4 Å². The molecule has 6 nitrogen and oxygen atoms in total. The molecule has 0 saturated carbocycles. The van der Waals surface area contributed by atoms with Crippen molar-refractivity contribution in [2.75, 3.05) is 30.5 Å². The fraction of sp³-hybridized carbons (Fsp3) is 0.368. The highest BCUT2D eigenvalue weighted by Gasteiger charge is 2.33. The van der Waals surface area contributed by atoms with Crippen LogP contribution in [0.5, 0.6) is 0 Å². The second kappa shape index (κ2) is 7.45. The third kappa shape index (κ3) is 4.22. The number of rotatable bonds is 5. The molecule has 1 aliphatic rings. The Morgan fingerprint density at radius 1 is 1.15 bits per heavy atom. The molecule has 0 N–H and O–H groups in total. The van der Waals surface area contributed by atoms with Gasteiger partial charge in [0.2, 0.25) is 0 Å². The van der Waals surface area contributed by atoms with Gasteiger partial charge in [-0.2, -0.15) is 0 Å². The number of carbonyl (C=O) groups excluding carboxylic acids is 1. The standard InChI is InChI=1S/C19H23N3O3S/c1-21(13-15-6-4-3-5-7-15)18-9-8-16(12-20-18)19(23)22(2)17-10-11-26(24,25)14-17/h3-9,12,17H,10-11,13-14H2,1-2H3. The zero-order valence-electron chi connectivity index (χ0n) is 15.0. The lowest BCUT2D eigenvalue weighted by Gasteiger charge is -2.24. The van der Waals surface area contributed by atoms with Gasteiger partial charge in [0.05, 0.1) is 17.1 Å². The topological polar surface area (TPSA) is 70.6 Å². The predicted octanol–water partition coefficient (Wildman–Crippen LogP) is 1.98. The maximum absolute atomic E-state index is 12.6. The highest BCUT2D eigenvalue weighted by atomic mass is 32.2. The van der Waals surface area contributed by atoms with Gasteiger partial charge in [0.25, 0.3) is 5.91 Å². The molecule has 1 aromatic carbocycles. The number of anilines is 1. The Kier molecular flexibility index (Phi) is 5.27. The van der Waals surface area contributed by atoms with E-state index in [0.29, 0.717) is 12.0 Å². The molecular formula is C19H23N3O3S. The van der Waals surface area contributed by atoms with Crippen molar-refractivity contribution in [1.29, 1.82) is 0 Å². The Hall–Kier alpha value is -2.41. The Labute approximate surface area is 154 Å². The molecule has 7 heteroatoms. The van der Waals surface area contributed by atoms with E-state index in [4.69, 9.17) is 0 Å². The molecule has 1 atom stereocenters. The van der Waals surface area contributed by atoms with Crippen molar-refractivity contribution in [2.45, 2.75) is 19.0 Å². The summed E-state index contributed by atoms with van der Waals surface area (Å²) in [6.45, 7) is 0.723. The lowest BCUT2D eigenvalue weighted by molar-refractivity contribution is 0.0747. The number of hydrogen-bond donors (Lipinski definition) is 0. The number of carbonyl (C=O) groups is 1. The van der Waals surface area contributed by atoms with E-state index in [1.54, 1.807) is 19.3 Å². The van der Waals surface area contributed by atoms with Crippen LogP contribution in [0.2, 0.25) is 0 Å². The molecule has 1 unspecified atom stereocenters. The minimum absolute atomic E-state index is 0.0422. The molecule has 2 aromatic rings. The quantitative estimate of drug-likeness (QED) is 0.801. The van der Waals surface area contributed by atoms with Crippen molar-refractivity contribution in [3.05, 3.63) is 59.8 Å². The molecule has 1 fully saturated rings. The number of hydrogen-bond acceptors (Lipinski definition) is 5. The molecule has 0 spiro atoms. The Bertz CT molecular complexity index is 867. The second-order valence-electron chi connectivity index (χ2n) is 6.72. The van der Waals surface area contributed by atoms with Gasteiger partial charge in [-0.1, -0.05) is 30.3 Å². The van der Waals surface area contributed by atoms with Crippen LogP contribution in [0.3, 0.4) is 0 Å². The molecule has 1 aromatic heterocycles. The van der Waals surface area contributed by atoms with Crippen LogP contribution >= 0.6 is 0 Å². The summed E-state index contributed by atoms with van der Waals surface area (Å²) in [6.07, 6.45) is 2.05. The van der Waals surface area contributed by atoms with Crippen LogP contribution in [0.15, 0.2) is 48.7 Å². The van der Waals surface area contributed by atoms with Gasteiger partial charge in [0.15, 0.2) is 9.84 Å². The van der Waals surface area contributed by atoms with Crippen molar-refractivity contribution in [3.8, 4) is 0 Å². The predicted molar refractivity (Wildman–Crippen MR) is 102 cm³/mol. The van der Waals surface area contributed by atoms with Crippen molar-refractivity contribution in [3.63, 3.8) is 0 Å². The fourth-order valence-corrected chi connectivity index (χ4v) is 4.90. The Morgan fingerprint density at radius 3 is 2.46 bits per heavy atom. The molecule has 0 radical (unpaired) electrons. The first-order chi connectivity index (χ1) is 12.4. The maximum atomic E-state index is 12.6. The minimum atomic E-state index is -3.02. The summed E-state index contributed by atoms with van der Waals surface area (Å²) in [5.74, 6) is 0.769. The minimum Gasteiger partial charge on any atom is -0.355 e. The fourth-order valence-electron chi connectivity index (χ4n) is 3.13. The summed E-state index contributed by atoms with van der Waals surface area (Å²) in [4.78, 5) is 20.5. The van der Waals surface area contributed by atoms with Gasteiger partial charge in [-0.15, -0.1) is 0 Å². The molecule has 26 heavy (non-hydrogen) atoms. The third-order valence-corrected chi connectivity index (χ3v) is 6.48. The number of aromatic nitrogens is 1. The smallest absolute Gasteiger partial charge is 0.255 e. The molecule has 2 heterocycles. The normalized spacial score (nSPS) is 18.5. The third-order valence-electron chi connectivity index (χ3n) is 4.72. The summed E-state index contributed by atoms with van der Waals surface area (Å²) in [5, 5.41) is 0. The Morgan fingerprint density at radius 2 is 1.88 bits per heavy atom. The molecule has 1 amide bonds. The van der Waals surface area contributed by atoms with Crippen LogP contribution in [-0.2, 0) is 16.4 Å². The first-order valence-electron chi connectivity index (χ1n) is 8.54. The van der Waals surface area contributed by atoms with E-state index < -0.39 is 9.84 Å². The maximum Gasteiger partial charge on any atom is 0.255 e. The summed E-state index contributed by atoms with van der Waals surface area (Å²) in [7, 11) is 0.587. The van der Waals surface area contributed by atoms with E-state index in [1.807, 2.05) is 36.2 Å². The van der Waals surface area contributed by atoms with Crippen LogP contribution in [0, 0.1) is 0 Å². The molecule has 0 bridgehead atoms. The van der Waals surface area contributed by atoms with Crippen molar-refractivity contribution < 1.29 is 13.2 Å². The van der Waals surface area contributed by atoms with Gasteiger partial charge in [0, 0.05) is 32.9 Å². The van der Waals surface area contributed by atoms with Gasteiger partial charge in [0.1, 0.15) is 5.82 Å². The molecule has 0 aliphatic carbocycles. The summed E-state index contributed by atoms with van der Waals surface area (Å²) >= 11 is 0. The van der Waals surface area contributed by atoms with E-state index in [9.17, 15) is 13.2 Å². The van der Waals surface area contributed by atoms with Crippen molar-refractivity contribution in [1.82, 2.24) is 9.88 Å². The van der Waals surface area contributed by atoms with Gasteiger partial charge >= 0.3 is 0 Å². The first-order valence-corrected chi connectivity index (χ1v) is 10.4. The van der Waals surface area contributed by atoms with Crippen molar-refractivity contribution >= 4 is 21.6 Å². The van der Waals surface area contributed by atoms with Gasteiger partial charge in [-0.05, 0) is 24.1 Å². The zero-order valence-corrected chi connectivity index (χ0v) is 15.8. The number of nitrogens with zero attached hydrogens (tertiary/aromatic N) is 3. The number of benzene rings is 1. The van der Waals surface area contributed by atoms with Crippen LogP contribution < -0.4 is 4.90 Å². The average molecular weight is 373 g/mol. The largest absolute Gasteiger partial charge is 0.355 e. The van der Waals surface area contributed by atoms with Gasteiger partial charge < -0.3 is 9.80 Å². The summed E-state index contributed by atoms with van der Waals surface area (Å²) in [5.41, 5.74) is 1.65. The summed E-state index contributed by atoms with van der Waals surface area (Å²) < 4.78 is 23.2. The molecule has 1 saturated heterocycles. The second-order valence-corrected chi connectivity index (χ2v) is 8.95. The van der Waals surface area contributed by atoms with Crippen LogP contribution in [0.25, 0.3) is 0 Å². The van der Waals surface area contributed by atoms with Crippen molar-refractivity contribution in [2.24, 2.45) is 0 Å². The van der Waals surface area contributed by atoms with E-state index in [-0.39, 0.29) is 23.5 Å². The zero-order chi connectivity index (χ0) is 18.7. The molecule has 138 valence electrons. The van der Waals surface area contributed by atoms with Crippen LogP contribution in [0.4, 0.5) is 5.82 Å². The van der Waals surface area contributed by atoms with Crippen LogP contribution in [0.1, 0.15) is 22.3 Å². The van der Waals surface area contributed by atoms with E-state index >= 15 is 0 Å². The van der Waals surface area contributed by atoms with Gasteiger partial charge in [-0.3, -0.25) is 4.79 Å². The molecule has 1 aliphatic heterocycles. The van der Waals surface area contributed by atoms with E-state index in [2.05, 4.69) is 17.1 Å². The Balaban J connectivity index is 1.66. The lowest BCUT2D eigenvalue weighted by Crippen LogP contribution is -2.37. The molecule has 3 rings (SSSR count). The SMILES string of the molecule is CN(Cc1ccccc1)c1ccc(C(=O)N(C)C2CCS(=O)(=O)C2)cn1. The first kappa shape index (κ1) is 18.4. The number of sulfone groups is 1. The van der Waals surface area contributed by atoms with Crippen LogP contribution in [-0.4, -0.2) is 55.9 Å². The van der Waals surface area contributed by atoms with E-state index in [1.165, 1.54) is 10.5 Å². The number of amides is 1. The average Bonchev–Trinajstić information content (AvgIpc) is 3.01. The highest BCUT2D eigenvalue weighted by molar-refractivity contribution is 7.91. The summed E-state index contributed by atoms with van der Waals surface area (Å²) in [6, 6.07) is 13.4. The monoisotopic (exact) mass is 373 g/mol. The lowest BCUT2D eigenvalue weighted by atomic mass is 10.2. The molecular weight excluding hydrogens is 350 g/mol.